The Balaban J connectivity index is 1.69. The second-order valence-electron chi connectivity index (χ2n) is 7.90. The summed E-state index contributed by atoms with van der Waals surface area (Å²) in [5.74, 6) is 2.01. The van der Waals surface area contributed by atoms with E-state index < -0.39 is 0 Å². The first-order chi connectivity index (χ1) is 12.5. The molecule has 2 fully saturated rings. The summed E-state index contributed by atoms with van der Waals surface area (Å²) in [4.78, 5) is 20.0. The molecule has 2 aliphatic rings. The number of carbonyl (C=O) groups is 1. The maximum atomic E-state index is 13.0. The van der Waals surface area contributed by atoms with E-state index in [0.717, 1.165) is 64.3 Å². The van der Waals surface area contributed by atoms with Crippen LogP contribution in [0, 0.1) is 19.8 Å². The van der Waals surface area contributed by atoms with Gasteiger partial charge in [0.2, 0.25) is 0 Å². The van der Waals surface area contributed by atoms with Crippen LogP contribution in [0.2, 0.25) is 0 Å². The van der Waals surface area contributed by atoms with E-state index in [1.165, 1.54) is 0 Å². The molecule has 1 N–H and O–H groups in total. The molecule has 2 atom stereocenters. The van der Waals surface area contributed by atoms with Crippen molar-refractivity contribution >= 4 is 5.91 Å². The van der Waals surface area contributed by atoms with Gasteiger partial charge in [0.25, 0.3) is 5.91 Å². The third-order valence-corrected chi connectivity index (χ3v) is 5.99. The molecule has 0 spiro atoms. The molecule has 6 heteroatoms. The molecule has 2 saturated heterocycles. The third kappa shape index (κ3) is 4.30. The fourth-order valence-corrected chi connectivity index (χ4v) is 4.49. The maximum Gasteiger partial charge on any atom is 0.257 e. The monoisotopic (exact) mass is 363 g/mol. The van der Waals surface area contributed by atoms with Crippen molar-refractivity contribution < 1.29 is 14.3 Å². The summed E-state index contributed by atoms with van der Waals surface area (Å²) in [6.45, 7) is 9.97. The molecular formula is C20H33N3O3. The Morgan fingerprint density at radius 3 is 2.58 bits per heavy atom. The van der Waals surface area contributed by atoms with E-state index >= 15 is 0 Å². The van der Waals surface area contributed by atoms with E-state index in [1.54, 1.807) is 0 Å². The Kier molecular flexibility index (Phi) is 6.37. The Morgan fingerprint density at radius 1 is 1.23 bits per heavy atom. The standard InChI is InChI=1S/C20H33N3O3/c1-15-13-18(16(2)26-15)20(25)23-7-6-19(17(14-23)5-4-12-24)22-10-8-21(3)9-11-22/h13,17,19,24H,4-12,14H2,1-3H3. The minimum Gasteiger partial charge on any atom is -0.466 e. The van der Waals surface area contributed by atoms with Crippen LogP contribution in [-0.2, 0) is 0 Å². The van der Waals surface area contributed by atoms with E-state index in [9.17, 15) is 9.90 Å². The molecule has 146 valence electrons. The van der Waals surface area contributed by atoms with Crippen molar-refractivity contribution in [3.63, 3.8) is 0 Å². The minimum absolute atomic E-state index is 0.0881. The van der Waals surface area contributed by atoms with Crippen LogP contribution < -0.4 is 0 Å². The number of hydrogen-bond acceptors (Lipinski definition) is 5. The lowest BCUT2D eigenvalue weighted by Gasteiger charge is -2.46. The second-order valence-corrected chi connectivity index (χ2v) is 7.90. The number of likely N-dealkylation sites (tertiary alicyclic amines) is 1. The zero-order valence-corrected chi connectivity index (χ0v) is 16.4. The normalized spacial score (nSPS) is 25.6. The van der Waals surface area contributed by atoms with Crippen molar-refractivity contribution in [2.45, 2.75) is 39.2 Å². The van der Waals surface area contributed by atoms with Crippen molar-refractivity contribution in [3.05, 3.63) is 23.2 Å². The number of nitrogens with zero attached hydrogens (tertiary/aromatic N) is 3. The molecule has 26 heavy (non-hydrogen) atoms. The number of piperidine rings is 1. The van der Waals surface area contributed by atoms with Crippen LogP contribution >= 0.6 is 0 Å². The Labute approximate surface area is 156 Å². The summed E-state index contributed by atoms with van der Waals surface area (Å²) in [6, 6.07) is 2.37. The number of aliphatic hydroxyl groups is 1. The van der Waals surface area contributed by atoms with Gasteiger partial charge in [0.15, 0.2) is 0 Å². The Morgan fingerprint density at radius 2 is 1.96 bits per heavy atom. The second kappa shape index (κ2) is 8.55. The smallest absolute Gasteiger partial charge is 0.257 e. The number of furan rings is 1. The van der Waals surface area contributed by atoms with Crippen LogP contribution in [-0.4, -0.2) is 84.7 Å². The number of likely N-dealkylation sites (N-methyl/N-ethyl adjacent to an activating group) is 1. The van der Waals surface area contributed by atoms with Gasteiger partial charge in [0.1, 0.15) is 11.5 Å². The van der Waals surface area contributed by atoms with Crippen LogP contribution in [0.3, 0.4) is 0 Å². The van der Waals surface area contributed by atoms with Crippen LogP contribution in [0.4, 0.5) is 0 Å². The molecule has 0 aromatic carbocycles. The molecule has 0 bridgehead atoms. The van der Waals surface area contributed by atoms with Gasteiger partial charge >= 0.3 is 0 Å². The number of carbonyl (C=O) groups excluding carboxylic acids is 1. The molecule has 3 rings (SSSR count). The number of rotatable bonds is 5. The number of hydrogen-bond donors (Lipinski definition) is 1. The van der Waals surface area contributed by atoms with Gasteiger partial charge in [-0.2, -0.15) is 0 Å². The van der Waals surface area contributed by atoms with Gasteiger partial charge < -0.3 is 19.3 Å². The maximum absolute atomic E-state index is 13.0. The van der Waals surface area contributed by atoms with Gasteiger partial charge in [-0.3, -0.25) is 9.69 Å². The summed E-state index contributed by atoms with van der Waals surface area (Å²) >= 11 is 0. The Hall–Kier alpha value is -1.37. The van der Waals surface area contributed by atoms with Crippen molar-refractivity contribution in [1.82, 2.24) is 14.7 Å². The van der Waals surface area contributed by atoms with Gasteiger partial charge in [0.05, 0.1) is 5.56 Å². The molecule has 2 unspecified atom stereocenters. The third-order valence-electron chi connectivity index (χ3n) is 5.99. The molecule has 1 aromatic heterocycles. The molecule has 1 amide bonds. The SMILES string of the molecule is Cc1cc(C(=O)N2CCC(N3CCN(C)CC3)C(CCCO)C2)c(C)o1. The summed E-state index contributed by atoms with van der Waals surface area (Å²) in [7, 11) is 2.18. The highest BCUT2D eigenvalue weighted by molar-refractivity contribution is 5.95. The molecule has 0 saturated carbocycles. The van der Waals surface area contributed by atoms with Crippen molar-refractivity contribution in [2.24, 2.45) is 5.92 Å². The van der Waals surface area contributed by atoms with E-state index in [2.05, 4.69) is 16.8 Å². The van der Waals surface area contributed by atoms with E-state index in [0.29, 0.717) is 23.3 Å². The average molecular weight is 364 g/mol. The number of aliphatic hydroxyl groups excluding tert-OH is 1. The zero-order valence-electron chi connectivity index (χ0n) is 16.4. The van der Waals surface area contributed by atoms with Crippen LogP contribution in [0.25, 0.3) is 0 Å². The summed E-state index contributed by atoms with van der Waals surface area (Å²) < 4.78 is 5.55. The minimum atomic E-state index is 0.0881. The lowest BCUT2D eigenvalue weighted by atomic mass is 9.86. The highest BCUT2D eigenvalue weighted by atomic mass is 16.3. The van der Waals surface area contributed by atoms with Crippen molar-refractivity contribution in [2.75, 3.05) is 52.9 Å². The highest BCUT2D eigenvalue weighted by Crippen LogP contribution is 2.28. The molecule has 0 aliphatic carbocycles. The predicted octanol–water partition coefficient (Wildman–Crippen LogP) is 1.75. The average Bonchev–Trinajstić information content (AvgIpc) is 2.98. The summed E-state index contributed by atoms with van der Waals surface area (Å²) in [5, 5.41) is 9.31. The van der Waals surface area contributed by atoms with Gasteiger partial charge in [-0.15, -0.1) is 0 Å². The van der Waals surface area contributed by atoms with E-state index in [-0.39, 0.29) is 12.5 Å². The van der Waals surface area contributed by atoms with Gasteiger partial charge in [-0.25, -0.2) is 0 Å². The van der Waals surface area contributed by atoms with Gasteiger partial charge in [-0.1, -0.05) is 0 Å². The quantitative estimate of drug-likeness (QED) is 0.864. The first-order valence-corrected chi connectivity index (χ1v) is 9.89. The lowest BCUT2D eigenvalue weighted by molar-refractivity contribution is 0.0217. The van der Waals surface area contributed by atoms with Crippen LogP contribution in [0.15, 0.2) is 10.5 Å². The van der Waals surface area contributed by atoms with Gasteiger partial charge in [0, 0.05) is 51.9 Å². The first kappa shape index (κ1) is 19.4. The Bertz CT molecular complexity index is 607. The van der Waals surface area contributed by atoms with Gasteiger partial charge in [-0.05, 0) is 52.1 Å². The highest BCUT2D eigenvalue weighted by Gasteiger charge is 2.36. The molecule has 6 nitrogen and oxygen atoms in total. The fraction of sp³-hybridized carbons (Fsp3) is 0.750. The first-order valence-electron chi connectivity index (χ1n) is 9.89. The van der Waals surface area contributed by atoms with Crippen LogP contribution in [0.1, 0.15) is 41.1 Å². The molecule has 3 heterocycles. The fourth-order valence-electron chi connectivity index (χ4n) is 4.49. The van der Waals surface area contributed by atoms with E-state index in [1.807, 2.05) is 24.8 Å². The molecule has 2 aliphatic heterocycles. The molecule has 1 aromatic rings. The number of aryl methyl sites for hydroxylation is 2. The topological polar surface area (TPSA) is 60.2 Å². The molecule has 0 radical (unpaired) electrons. The zero-order chi connectivity index (χ0) is 18.7. The van der Waals surface area contributed by atoms with Crippen molar-refractivity contribution in [1.29, 1.82) is 0 Å². The number of piperazine rings is 1. The summed E-state index contributed by atoms with van der Waals surface area (Å²) in [6.07, 6.45) is 2.79. The lowest BCUT2D eigenvalue weighted by Crippen LogP contribution is -2.57. The number of amides is 1. The predicted molar refractivity (Wildman–Crippen MR) is 101 cm³/mol. The molecular weight excluding hydrogens is 330 g/mol. The van der Waals surface area contributed by atoms with Crippen molar-refractivity contribution in [3.8, 4) is 0 Å². The largest absolute Gasteiger partial charge is 0.466 e. The van der Waals surface area contributed by atoms with Crippen LogP contribution in [0.5, 0.6) is 0 Å². The van der Waals surface area contributed by atoms with E-state index in [4.69, 9.17) is 4.42 Å². The summed E-state index contributed by atoms with van der Waals surface area (Å²) in [5.41, 5.74) is 0.696.